The second kappa shape index (κ2) is 6.88. The highest BCUT2D eigenvalue weighted by Gasteiger charge is 2.41. The smallest absolute Gasteiger partial charge is 0.233 e. The fourth-order valence-electron chi connectivity index (χ4n) is 2.64. The van der Waals surface area contributed by atoms with Crippen molar-refractivity contribution in [1.29, 1.82) is 0 Å². The van der Waals surface area contributed by atoms with E-state index in [0.29, 0.717) is 17.5 Å². The topological polar surface area (TPSA) is 55.1 Å². The Kier molecular flexibility index (Phi) is 5.99. The first-order valence-electron chi connectivity index (χ1n) is 7.78. The summed E-state index contributed by atoms with van der Waals surface area (Å²) >= 11 is 5.23. The maximum absolute atomic E-state index is 12.7. The van der Waals surface area contributed by atoms with E-state index in [-0.39, 0.29) is 11.3 Å². The average molecular weight is 298 g/mol. The Morgan fingerprint density at radius 3 is 2.15 bits per heavy atom. The van der Waals surface area contributed by atoms with Crippen molar-refractivity contribution in [2.45, 2.75) is 66.2 Å². The van der Waals surface area contributed by atoms with E-state index in [2.05, 4.69) is 33.0 Å². The Balaban J connectivity index is 2.72. The molecule has 1 atom stereocenters. The van der Waals surface area contributed by atoms with E-state index in [4.69, 9.17) is 18.0 Å². The van der Waals surface area contributed by atoms with Gasteiger partial charge in [0.25, 0.3) is 0 Å². The molecule has 3 N–H and O–H groups in total. The zero-order valence-corrected chi connectivity index (χ0v) is 14.2. The van der Waals surface area contributed by atoms with Crippen molar-refractivity contribution in [3.8, 4) is 0 Å². The third-order valence-corrected chi connectivity index (χ3v) is 5.30. The zero-order valence-electron chi connectivity index (χ0n) is 13.4. The van der Waals surface area contributed by atoms with Gasteiger partial charge in [-0.2, -0.15) is 0 Å². The summed E-state index contributed by atoms with van der Waals surface area (Å²) in [5.74, 6) is 0.462. The molecule has 1 aliphatic rings. The lowest BCUT2D eigenvalue weighted by molar-refractivity contribution is -0.128. The Bertz CT molecular complexity index is 352. The van der Waals surface area contributed by atoms with Crippen molar-refractivity contribution in [3.63, 3.8) is 0 Å². The highest BCUT2D eigenvalue weighted by atomic mass is 32.1. The summed E-state index contributed by atoms with van der Waals surface area (Å²) in [6.07, 6.45) is 6.04. The second-order valence-electron chi connectivity index (χ2n) is 7.34. The molecular formula is C16H30N2OS. The first-order chi connectivity index (χ1) is 9.20. The number of carbonyl (C=O) groups is 1. The number of nitrogens with one attached hydrogen (secondary N) is 1. The van der Waals surface area contributed by atoms with Crippen LogP contribution in [0, 0.1) is 16.7 Å². The summed E-state index contributed by atoms with van der Waals surface area (Å²) < 4.78 is 0. The summed E-state index contributed by atoms with van der Waals surface area (Å²) in [7, 11) is 0. The third kappa shape index (κ3) is 4.18. The molecule has 4 heteroatoms. The van der Waals surface area contributed by atoms with Crippen molar-refractivity contribution in [1.82, 2.24) is 5.32 Å². The number of nitrogens with two attached hydrogens (primary N) is 1. The summed E-state index contributed by atoms with van der Waals surface area (Å²) in [5, 5.41) is 3.10. The molecule has 116 valence electrons. The molecule has 1 amide bonds. The van der Waals surface area contributed by atoms with Crippen LogP contribution in [0.2, 0.25) is 0 Å². The van der Waals surface area contributed by atoms with Crippen LogP contribution in [0.1, 0.15) is 66.2 Å². The van der Waals surface area contributed by atoms with Crippen molar-refractivity contribution in [2.24, 2.45) is 22.5 Å². The van der Waals surface area contributed by atoms with Gasteiger partial charge in [0.2, 0.25) is 5.91 Å². The summed E-state index contributed by atoms with van der Waals surface area (Å²) in [6, 6.07) is 0. The highest BCUT2D eigenvalue weighted by molar-refractivity contribution is 7.80. The lowest BCUT2D eigenvalue weighted by Crippen LogP contribution is -2.50. The van der Waals surface area contributed by atoms with Crippen LogP contribution < -0.4 is 11.1 Å². The molecule has 0 aromatic heterocycles. The molecule has 1 aliphatic carbocycles. The minimum Gasteiger partial charge on any atom is -0.392 e. The minimum atomic E-state index is -0.608. The van der Waals surface area contributed by atoms with Gasteiger partial charge in [0.1, 0.15) is 0 Å². The number of amides is 1. The van der Waals surface area contributed by atoms with Crippen LogP contribution in [-0.2, 0) is 4.79 Å². The molecule has 0 radical (unpaired) electrons. The van der Waals surface area contributed by atoms with Crippen LogP contribution in [0.4, 0.5) is 0 Å². The van der Waals surface area contributed by atoms with Crippen LogP contribution in [0.25, 0.3) is 0 Å². The molecule has 1 rings (SSSR count). The quantitative estimate of drug-likeness (QED) is 0.618. The highest BCUT2D eigenvalue weighted by Crippen LogP contribution is 2.36. The Morgan fingerprint density at radius 1 is 1.25 bits per heavy atom. The van der Waals surface area contributed by atoms with Crippen molar-refractivity contribution < 1.29 is 4.79 Å². The van der Waals surface area contributed by atoms with Gasteiger partial charge in [0.05, 0.1) is 10.4 Å². The van der Waals surface area contributed by atoms with Gasteiger partial charge in [0, 0.05) is 6.54 Å². The molecule has 1 fully saturated rings. The maximum Gasteiger partial charge on any atom is 0.233 e. The zero-order chi connectivity index (χ0) is 15.4. The lowest BCUT2D eigenvalue weighted by atomic mass is 9.78. The van der Waals surface area contributed by atoms with E-state index in [1.54, 1.807) is 0 Å². The molecule has 0 aromatic rings. The fraction of sp³-hybridized carbons (Fsp3) is 0.875. The summed E-state index contributed by atoms with van der Waals surface area (Å²) in [4.78, 5) is 13.0. The van der Waals surface area contributed by atoms with Gasteiger partial charge < -0.3 is 11.1 Å². The molecule has 3 nitrogen and oxygen atoms in total. The molecule has 1 saturated carbocycles. The van der Waals surface area contributed by atoms with E-state index in [0.717, 1.165) is 25.7 Å². The Labute approximate surface area is 129 Å². The van der Waals surface area contributed by atoms with Crippen LogP contribution in [-0.4, -0.2) is 17.4 Å². The maximum atomic E-state index is 12.7. The monoisotopic (exact) mass is 298 g/mol. The summed E-state index contributed by atoms with van der Waals surface area (Å²) in [6.45, 7) is 9.43. The molecular weight excluding hydrogens is 268 g/mol. The molecule has 1 unspecified atom stereocenters. The van der Waals surface area contributed by atoms with Gasteiger partial charge in [-0.25, -0.2) is 0 Å². The first kappa shape index (κ1) is 17.4. The number of carbonyl (C=O) groups excluding carboxylic acids is 1. The van der Waals surface area contributed by atoms with Crippen molar-refractivity contribution in [2.75, 3.05) is 6.54 Å². The normalized spacial score (nSPS) is 20.8. The van der Waals surface area contributed by atoms with Crippen LogP contribution in [0.5, 0.6) is 0 Å². The van der Waals surface area contributed by atoms with Crippen LogP contribution >= 0.6 is 12.2 Å². The summed E-state index contributed by atoms with van der Waals surface area (Å²) in [5.41, 5.74) is 5.52. The van der Waals surface area contributed by atoms with Crippen molar-refractivity contribution >= 4 is 23.1 Å². The van der Waals surface area contributed by atoms with Gasteiger partial charge in [0.15, 0.2) is 0 Å². The van der Waals surface area contributed by atoms with Gasteiger partial charge in [-0.15, -0.1) is 0 Å². The average Bonchev–Trinajstić information content (AvgIpc) is 2.60. The minimum absolute atomic E-state index is 0.0444. The van der Waals surface area contributed by atoms with E-state index < -0.39 is 5.41 Å². The number of rotatable bonds is 4. The Morgan fingerprint density at radius 2 is 1.75 bits per heavy atom. The van der Waals surface area contributed by atoms with Gasteiger partial charge in [-0.3, -0.25) is 4.79 Å². The molecule has 0 bridgehead atoms. The van der Waals surface area contributed by atoms with E-state index in [9.17, 15) is 4.79 Å². The number of thiocarbonyl (C=S) groups is 1. The predicted octanol–water partition coefficient (Wildman–Crippen LogP) is 3.41. The van der Waals surface area contributed by atoms with E-state index >= 15 is 0 Å². The molecule has 0 heterocycles. The lowest BCUT2D eigenvalue weighted by Gasteiger charge is -2.33. The van der Waals surface area contributed by atoms with Crippen LogP contribution in [0.3, 0.4) is 0 Å². The Hall–Kier alpha value is -0.640. The fourth-order valence-corrected chi connectivity index (χ4v) is 2.94. The predicted molar refractivity (Wildman–Crippen MR) is 88.5 cm³/mol. The van der Waals surface area contributed by atoms with E-state index in [1.807, 2.05) is 0 Å². The van der Waals surface area contributed by atoms with Crippen LogP contribution in [0.15, 0.2) is 0 Å². The molecule has 0 aliphatic heterocycles. The van der Waals surface area contributed by atoms with Gasteiger partial charge in [-0.05, 0) is 24.2 Å². The second-order valence-corrected chi connectivity index (χ2v) is 7.78. The standard InChI is InChI=1S/C16H30N2OS/c1-12(15(2,3)4)11-18-14(19)16(13(17)20)9-7-5-6-8-10-16/h12H,5-11H2,1-4H3,(H2,17,20)(H,18,19). The molecule has 0 saturated heterocycles. The number of hydrogen-bond acceptors (Lipinski definition) is 2. The SMILES string of the molecule is CC(CNC(=O)C1(C(N)=S)CCCCCC1)C(C)(C)C. The first-order valence-corrected chi connectivity index (χ1v) is 8.19. The van der Waals surface area contributed by atoms with E-state index in [1.165, 1.54) is 12.8 Å². The molecule has 0 spiro atoms. The number of hydrogen-bond donors (Lipinski definition) is 2. The third-order valence-electron chi connectivity index (χ3n) is 4.91. The molecule has 0 aromatic carbocycles. The largest absolute Gasteiger partial charge is 0.392 e. The van der Waals surface area contributed by atoms with Gasteiger partial charge >= 0.3 is 0 Å². The van der Waals surface area contributed by atoms with Gasteiger partial charge in [-0.1, -0.05) is 65.6 Å². The molecule has 20 heavy (non-hydrogen) atoms. The van der Waals surface area contributed by atoms with Crippen molar-refractivity contribution in [3.05, 3.63) is 0 Å².